The van der Waals surface area contributed by atoms with E-state index in [-0.39, 0.29) is 0 Å². The monoisotopic (exact) mass is 155 g/mol. The van der Waals surface area contributed by atoms with Gasteiger partial charge >= 0.3 is 0 Å². The van der Waals surface area contributed by atoms with E-state index in [1.165, 1.54) is 0 Å². The Morgan fingerprint density at radius 1 is 1.64 bits per heavy atom. The maximum atomic E-state index is 4.90. The summed E-state index contributed by atoms with van der Waals surface area (Å²) in [5, 5.41) is 4.19. The highest BCUT2D eigenvalue weighted by Crippen LogP contribution is 1.89. The highest BCUT2D eigenvalue weighted by atomic mass is 16.5. The van der Waals surface area contributed by atoms with E-state index in [9.17, 15) is 0 Å². The van der Waals surface area contributed by atoms with E-state index >= 15 is 0 Å². The summed E-state index contributed by atoms with van der Waals surface area (Å²) >= 11 is 0. The third-order valence-electron chi connectivity index (χ3n) is 1.42. The molecule has 0 atom stereocenters. The molecule has 0 saturated carbocycles. The number of hydrogen-bond donors (Lipinski definition) is 0. The van der Waals surface area contributed by atoms with Crippen molar-refractivity contribution in [2.75, 3.05) is 13.7 Å². The largest absolute Gasteiger partial charge is 0.383 e. The smallest absolute Gasteiger partial charge is 0.150 e. The molecule has 1 aromatic rings. The van der Waals surface area contributed by atoms with E-state index < -0.39 is 0 Å². The molecule has 1 aromatic heterocycles. The Labute approximate surface area is 66.2 Å². The summed E-state index contributed by atoms with van der Waals surface area (Å²) in [5.74, 6) is 0.890. The predicted molar refractivity (Wildman–Crippen MR) is 41.3 cm³/mol. The van der Waals surface area contributed by atoms with Crippen LogP contribution in [0.25, 0.3) is 0 Å². The summed E-state index contributed by atoms with van der Waals surface area (Å²) in [5.41, 5.74) is 0. The van der Waals surface area contributed by atoms with Crippen LogP contribution in [0.5, 0.6) is 0 Å². The molecule has 1 heterocycles. The van der Waals surface area contributed by atoms with Crippen molar-refractivity contribution in [1.82, 2.24) is 14.8 Å². The second-order valence-corrected chi connectivity index (χ2v) is 2.27. The molecule has 0 bridgehead atoms. The number of aromatic nitrogens is 3. The number of aryl methyl sites for hydroxylation is 1. The van der Waals surface area contributed by atoms with Gasteiger partial charge in [-0.3, -0.25) is 4.68 Å². The first-order valence-electron chi connectivity index (χ1n) is 3.74. The van der Waals surface area contributed by atoms with Crippen LogP contribution < -0.4 is 0 Å². The Hall–Kier alpha value is -0.900. The van der Waals surface area contributed by atoms with Gasteiger partial charge in [-0.15, -0.1) is 0 Å². The van der Waals surface area contributed by atoms with Gasteiger partial charge in [0.1, 0.15) is 12.2 Å². The molecule has 0 N–H and O–H groups in total. The zero-order valence-corrected chi connectivity index (χ0v) is 6.95. The summed E-state index contributed by atoms with van der Waals surface area (Å²) in [7, 11) is 1.68. The minimum atomic E-state index is 0.687. The first kappa shape index (κ1) is 8.20. The van der Waals surface area contributed by atoms with Crippen LogP contribution in [0.4, 0.5) is 0 Å². The van der Waals surface area contributed by atoms with Crippen LogP contribution in [-0.4, -0.2) is 28.5 Å². The van der Waals surface area contributed by atoms with Crippen molar-refractivity contribution in [1.29, 1.82) is 0 Å². The molecule has 0 radical (unpaired) electrons. The lowest BCUT2D eigenvalue weighted by atomic mass is 10.5. The van der Waals surface area contributed by atoms with Gasteiger partial charge in [-0.25, -0.2) is 4.98 Å². The maximum Gasteiger partial charge on any atom is 0.150 e. The van der Waals surface area contributed by atoms with E-state index in [1.807, 2.05) is 6.92 Å². The number of ether oxygens (including phenoxy) is 1. The highest BCUT2D eigenvalue weighted by Gasteiger charge is 1.95. The van der Waals surface area contributed by atoms with E-state index in [2.05, 4.69) is 10.1 Å². The SMILES string of the molecule is CCc1ncn(CCOC)n1. The van der Waals surface area contributed by atoms with Crippen molar-refractivity contribution in [3.63, 3.8) is 0 Å². The van der Waals surface area contributed by atoms with Gasteiger partial charge in [0, 0.05) is 13.5 Å². The topological polar surface area (TPSA) is 39.9 Å². The molecule has 0 aromatic carbocycles. The minimum Gasteiger partial charge on any atom is -0.383 e. The van der Waals surface area contributed by atoms with Gasteiger partial charge in [0.05, 0.1) is 13.2 Å². The minimum absolute atomic E-state index is 0.687. The molecule has 1 rings (SSSR count). The van der Waals surface area contributed by atoms with Gasteiger partial charge in [0.25, 0.3) is 0 Å². The summed E-state index contributed by atoms with van der Waals surface area (Å²) in [6.07, 6.45) is 2.62. The molecule has 4 heteroatoms. The maximum absolute atomic E-state index is 4.90. The molecule has 62 valence electrons. The van der Waals surface area contributed by atoms with Crippen LogP contribution in [0.3, 0.4) is 0 Å². The van der Waals surface area contributed by atoms with Crippen LogP contribution in [0.2, 0.25) is 0 Å². The third kappa shape index (κ3) is 2.31. The summed E-state index contributed by atoms with van der Waals surface area (Å²) in [4.78, 5) is 4.08. The zero-order valence-electron chi connectivity index (χ0n) is 6.95. The summed E-state index contributed by atoms with van der Waals surface area (Å²) in [6, 6.07) is 0. The first-order chi connectivity index (χ1) is 5.36. The van der Waals surface area contributed by atoms with E-state index in [0.29, 0.717) is 6.61 Å². The highest BCUT2D eigenvalue weighted by molar-refractivity contribution is 4.79. The Morgan fingerprint density at radius 2 is 2.45 bits per heavy atom. The third-order valence-corrected chi connectivity index (χ3v) is 1.42. The van der Waals surface area contributed by atoms with Crippen LogP contribution in [0.15, 0.2) is 6.33 Å². The van der Waals surface area contributed by atoms with Crippen LogP contribution in [-0.2, 0) is 17.7 Å². The quantitative estimate of drug-likeness (QED) is 0.635. The zero-order chi connectivity index (χ0) is 8.10. The number of hydrogen-bond acceptors (Lipinski definition) is 3. The predicted octanol–water partition coefficient (Wildman–Crippen LogP) is 0.487. The standard InChI is InChI=1S/C7H13N3O/c1-3-7-8-6-10(9-7)4-5-11-2/h6H,3-5H2,1-2H3. The average molecular weight is 155 g/mol. The molecule has 0 aliphatic carbocycles. The Morgan fingerprint density at radius 3 is 3.00 bits per heavy atom. The van der Waals surface area contributed by atoms with Crippen molar-refractivity contribution in [3.05, 3.63) is 12.2 Å². The fourth-order valence-corrected chi connectivity index (χ4v) is 0.788. The van der Waals surface area contributed by atoms with Crippen molar-refractivity contribution < 1.29 is 4.74 Å². The van der Waals surface area contributed by atoms with Crippen molar-refractivity contribution >= 4 is 0 Å². The van der Waals surface area contributed by atoms with E-state index in [4.69, 9.17) is 4.74 Å². The lowest BCUT2D eigenvalue weighted by Gasteiger charge is -1.96. The molecule has 0 unspecified atom stereocenters. The van der Waals surface area contributed by atoms with Crippen molar-refractivity contribution in [3.8, 4) is 0 Å². The molecule has 0 aliphatic rings. The molecule has 11 heavy (non-hydrogen) atoms. The van der Waals surface area contributed by atoms with Crippen LogP contribution in [0, 0.1) is 0 Å². The summed E-state index contributed by atoms with van der Waals surface area (Å²) < 4.78 is 6.69. The number of methoxy groups -OCH3 is 1. The molecule has 4 nitrogen and oxygen atoms in total. The molecule has 0 fully saturated rings. The second kappa shape index (κ2) is 4.08. The molecule has 0 amide bonds. The Bertz CT molecular complexity index is 209. The fourth-order valence-electron chi connectivity index (χ4n) is 0.788. The lowest BCUT2D eigenvalue weighted by molar-refractivity contribution is 0.183. The molecule has 0 spiro atoms. The molecular formula is C7H13N3O. The van der Waals surface area contributed by atoms with Gasteiger partial charge in [-0.05, 0) is 0 Å². The van der Waals surface area contributed by atoms with Crippen LogP contribution >= 0.6 is 0 Å². The first-order valence-corrected chi connectivity index (χ1v) is 3.74. The molecular weight excluding hydrogens is 142 g/mol. The Balaban J connectivity index is 2.44. The fraction of sp³-hybridized carbons (Fsp3) is 0.714. The number of nitrogens with zero attached hydrogens (tertiary/aromatic N) is 3. The van der Waals surface area contributed by atoms with Gasteiger partial charge in [-0.2, -0.15) is 5.10 Å². The van der Waals surface area contributed by atoms with Crippen molar-refractivity contribution in [2.45, 2.75) is 19.9 Å². The van der Waals surface area contributed by atoms with Gasteiger partial charge in [0.2, 0.25) is 0 Å². The van der Waals surface area contributed by atoms with Crippen molar-refractivity contribution in [2.24, 2.45) is 0 Å². The number of rotatable bonds is 4. The second-order valence-electron chi connectivity index (χ2n) is 2.27. The van der Waals surface area contributed by atoms with E-state index in [0.717, 1.165) is 18.8 Å². The van der Waals surface area contributed by atoms with E-state index in [1.54, 1.807) is 18.1 Å². The van der Waals surface area contributed by atoms with Gasteiger partial charge < -0.3 is 4.74 Å². The van der Waals surface area contributed by atoms with Crippen LogP contribution in [0.1, 0.15) is 12.7 Å². The Kier molecular flexibility index (Phi) is 3.04. The van der Waals surface area contributed by atoms with Gasteiger partial charge in [-0.1, -0.05) is 6.92 Å². The molecule has 0 saturated heterocycles. The summed E-state index contributed by atoms with van der Waals surface area (Å²) in [6.45, 7) is 3.51. The normalized spacial score (nSPS) is 10.4. The molecule has 0 aliphatic heterocycles. The van der Waals surface area contributed by atoms with Gasteiger partial charge in [0.15, 0.2) is 0 Å². The lowest BCUT2D eigenvalue weighted by Crippen LogP contribution is -2.04. The average Bonchev–Trinajstić information content (AvgIpc) is 2.48.